The predicted octanol–water partition coefficient (Wildman–Crippen LogP) is 0.656. The number of hydrogen-bond donors (Lipinski definition) is 3. The Balaban J connectivity index is 1.37. The fourth-order valence-corrected chi connectivity index (χ4v) is 4.04. The first-order valence-electron chi connectivity index (χ1n) is 9.84. The highest BCUT2D eigenvalue weighted by Crippen LogP contribution is 2.27. The highest BCUT2D eigenvalue weighted by atomic mass is 32.1. The standard InChI is InChI=1S/C19H19B2N7O3S/c20-19(21,30)31-15(12-5-2-1-3-6-12)16(29)24-18-27-26-17(32-18)23-13-8-10-28(11-13)14-7-4-9-22-25-14/h1-7,9,13,15,30H,8,10-11H2,(H,23,26)(H,24,27,29). The van der Waals surface area contributed by atoms with E-state index in [4.69, 9.17) is 20.4 Å². The molecule has 2 unspecified atom stereocenters. The van der Waals surface area contributed by atoms with Gasteiger partial charge < -0.3 is 20.1 Å². The van der Waals surface area contributed by atoms with Crippen LogP contribution in [-0.2, 0) is 9.53 Å². The topological polar surface area (TPSA) is 125 Å². The summed E-state index contributed by atoms with van der Waals surface area (Å²) in [7, 11) is 10.7. The molecule has 1 fully saturated rings. The highest BCUT2D eigenvalue weighted by Gasteiger charge is 2.29. The van der Waals surface area contributed by atoms with Crippen molar-refractivity contribution in [1.82, 2.24) is 20.4 Å². The minimum atomic E-state index is -2.48. The Morgan fingerprint density at radius 1 is 1.19 bits per heavy atom. The van der Waals surface area contributed by atoms with Crippen LogP contribution in [-0.4, -0.2) is 71.8 Å². The van der Waals surface area contributed by atoms with E-state index in [1.54, 1.807) is 36.5 Å². The molecule has 1 saturated heterocycles. The molecule has 160 valence electrons. The Labute approximate surface area is 191 Å². The normalized spacial score (nSPS) is 17.2. The minimum Gasteiger partial charge on any atom is -0.384 e. The van der Waals surface area contributed by atoms with Crippen molar-refractivity contribution in [3.05, 3.63) is 54.2 Å². The van der Waals surface area contributed by atoms with Crippen LogP contribution in [0.4, 0.5) is 16.1 Å². The van der Waals surface area contributed by atoms with Crippen LogP contribution in [0.15, 0.2) is 48.7 Å². The van der Waals surface area contributed by atoms with Gasteiger partial charge >= 0.3 is 0 Å². The van der Waals surface area contributed by atoms with Crippen LogP contribution >= 0.6 is 11.3 Å². The van der Waals surface area contributed by atoms with Crippen LogP contribution < -0.4 is 15.5 Å². The molecule has 2 atom stereocenters. The van der Waals surface area contributed by atoms with Crippen molar-refractivity contribution in [2.24, 2.45) is 0 Å². The second kappa shape index (κ2) is 9.63. The van der Waals surface area contributed by atoms with Gasteiger partial charge in [0.2, 0.25) is 10.3 Å². The Kier molecular flexibility index (Phi) is 6.68. The summed E-state index contributed by atoms with van der Waals surface area (Å²) in [4.78, 5) is 14.9. The average Bonchev–Trinajstić information content (AvgIpc) is 3.42. The molecular formula is C19H19B2N7O3S. The monoisotopic (exact) mass is 447 g/mol. The van der Waals surface area contributed by atoms with Crippen LogP contribution in [0.5, 0.6) is 0 Å². The molecule has 2 aromatic heterocycles. The lowest BCUT2D eigenvalue weighted by Gasteiger charge is -2.26. The van der Waals surface area contributed by atoms with Crippen molar-refractivity contribution in [3.63, 3.8) is 0 Å². The van der Waals surface area contributed by atoms with E-state index in [1.807, 2.05) is 12.1 Å². The van der Waals surface area contributed by atoms with Gasteiger partial charge in [0.25, 0.3) is 5.91 Å². The zero-order valence-electron chi connectivity index (χ0n) is 17.0. The van der Waals surface area contributed by atoms with Gasteiger partial charge in [0.15, 0.2) is 11.9 Å². The number of amides is 1. The lowest BCUT2D eigenvalue weighted by molar-refractivity contribution is -0.149. The lowest BCUT2D eigenvalue weighted by Crippen LogP contribution is -2.38. The van der Waals surface area contributed by atoms with Crippen molar-refractivity contribution in [3.8, 4) is 0 Å². The number of carbonyl (C=O) groups excluding carboxylic acids is 1. The van der Waals surface area contributed by atoms with Gasteiger partial charge in [0, 0.05) is 25.3 Å². The van der Waals surface area contributed by atoms with Gasteiger partial charge in [0.1, 0.15) is 15.7 Å². The van der Waals surface area contributed by atoms with Crippen LogP contribution in [0.25, 0.3) is 0 Å². The SMILES string of the molecule is [B]C([B])(O)OC(C(=O)Nc1nnc(NC2CCN(c3cccnn3)C2)s1)c1ccccc1. The number of nitrogens with one attached hydrogen (secondary N) is 2. The van der Waals surface area contributed by atoms with E-state index in [9.17, 15) is 9.90 Å². The maximum absolute atomic E-state index is 12.8. The molecule has 32 heavy (non-hydrogen) atoms. The van der Waals surface area contributed by atoms with Crippen molar-refractivity contribution >= 4 is 49.0 Å². The number of ether oxygens (including phenoxy) is 1. The molecular weight excluding hydrogens is 428 g/mol. The third kappa shape index (κ3) is 5.81. The largest absolute Gasteiger partial charge is 0.384 e. The number of benzene rings is 1. The van der Waals surface area contributed by atoms with Crippen molar-refractivity contribution in [2.45, 2.75) is 24.2 Å². The first kappa shape index (κ1) is 22.2. The molecule has 1 aliphatic heterocycles. The molecule has 3 heterocycles. The van der Waals surface area contributed by atoms with Crippen LogP contribution in [0.3, 0.4) is 0 Å². The summed E-state index contributed by atoms with van der Waals surface area (Å²) in [6, 6.07) is 12.5. The summed E-state index contributed by atoms with van der Waals surface area (Å²) >= 11 is 1.18. The van der Waals surface area contributed by atoms with Gasteiger partial charge in [0.05, 0.1) is 5.59 Å². The fourth-order valence-electron chi connectivity index (χ4n) is 3.32. The van der Waals surface area contributed by atoms with E-state index >= 15 is 0 Å². The van der Waals surface area contributed by atoms with Gasteiger partial charge in [-0.3, -0.25) is 10.1 Å². The summed E-state index contributed by atoms with van der Waals surface area (Å²) in [6.07, 6.45) is 1.29. The van der Waals surface area contributed by atoms with Gasteiger partial charge in [-0.15, -0.1) is 15.3 Å². The molecule has 4 radical (unpaired) electrons. The fraction of sp³-hybridized carbons (Fsp3) is 0.316. The second-order valence-corrected chi connectivity index (χ2v) is 8.20. The quantitative estimate of drug-likeness (QED) is 0.337. The molecule has 0 spiro atoms. The Bertz CT molecular complexity index is 1040. The molecule has 10 nitrogen and oxygen atoms in total. The van der Waals surface area contributed by atoms with Crippen LogP contribution in [0.2, 0.25) is 0 Å². The maximum atomic E-state index is 12.8. The number of hydrogen-bond acceptors (Lipinski definition) is 10. The summed E-state index contributed by atoms with van der Waals surface area (Å²) in [5.74, 6) is 0.233. The van der Waals surface area contributed by atoms with E-state index in [-0.39, 0.29) is 11.2 Å². The maximum Gasteiger partial charge on any atom is 0.260 e. The molecule has 4 rings (SSSR count). The van der Waals surface area contributed by atoms with Gasteiger partial charge in [-0.05, 0) is 24.1 Å². The van der Waals surface area contributed by atoms with E-state index < -0.39 is 17.6 Å². The molecule has 1 amide bonds. The van der Waals surface area contributed by atoms with Crippen molar-refractivity contribution < 1.29 is 14.6 Å². The number of carbonyl (C=O) groups is 1. The second-order valence-electron chi connectivity index (χ2n) is 7.22. The van der Waals surface area contributed by atoms with Gasteiger partial charge in [-0.25, -0.2) is 0 Å². The highest BCUT2D eigenvalue weighted by molar-refractivity contribution is 7.19. The Hall–Kier alpha value is -3.02. The van der Waals surface area contributed by atoms with Crippen LogP contribution in [0, 0.1) is 0 Å². The van der Waals surface area contributed by atoms with E-state index in [2.05, 4.69) is 35.9 Å². The molecule has 0 aliphatic carbocycles. The number of aliphatic hydroxyl groups is 1. The zero-order valence-corrected chi connectivity index (χ0v) is 17.8. The van der Waals surface area contributed by atoms with Crippen LogP contribution in [0.1, 0.15) is 18.1 Å². The third-order valence-electron chi connectivity index (χ3n) is 4.70. The Morgan fingerprint density at radius 3 is 2.69 bits per heavy atom. The number of nitrogens with zero attached hydrogens (tertiary/aromatic N) is 5. The summed E-state index contributed by atoms with van der Waals surface area (Å²) in [5.41, 5.74) is -2.01. The molecule has 13 heteroatoms. The first-order valence-corrected chi connectivity index (χ1v) is 10.7. The molecule has 1 aliphatic rings. The van der Waals surface area contributed by atoms with E-state index in [1.165, 1.54) is 11.3 Å². The van der Waals surface area contributed by atoms with E-state index in [0.29, 0.717) is 10.7 Å². The minimum absolute atomic E-state index is 0.151. The third-order valence-corrected chi connectivity index (χ3v) is 5.47. The van der Waals surface area contributed by atoms with Crippen molar-refractivity contribution in [2.75, 3.05) is 28.6 Å². The molecule has 3 aromatic rings. The number of aromatic nitrogens is 4. The van der Waals surface area contributed by atoms with Crippen molar-refractivity contribution in [1.29, 1.82) is 0 Å². The Morgan fingerprint density at radius 2 is 1.97 bits per heavy atom. The first-order chi connectivity index (χ1) is 15.4. The molecule has 3 N–H and O–H groups in total. The summed E-state index contributed by atoms with van der Waals surface area (Å²) in [5, 5.41) is 32.6. The smallest absolute Gasteiger partial charge is 0.260 e. The van der Waals surface area contributed by atoms with E-state index in [0.717, 1.165) is 25.3 Å². The van der Waals surface area contributed by atoms with Gasteiger partial charge in [-0.2, -0.15) is 5.10 Å². The summed E-state index contributed by atoms with van der Waals surface area (Å²) in [6.45, 7) is 1.59. The average molecular weight is 447 g/mol. The molecule has 0 saturated carbocycles. The molecule has 1 aromatic carbocycles. The summed E-state index contributed by atoms with van der Waals surface area (Å²) < 4.78 is 5.15. The van der Waals surface area contributed by atoms with Gasteiger partial charge in [-0.1, -0.05) is 41.7 Å². The molecule has 0 bridgehead atoms. The number of rotatable bonds is 8. The predicted molar refractivity (Wildman–Crippen MR) is 122 cm³/mol. The zero-order chi connectivity index (χ0) is 22.6. The lowest BCUT2D eigenvalue weighted by atomic mass is 9.76. The number of anilines is 3.